The molecule has 0 aliphatic rings. The maximum Gasteiger partial charge on any atom is 0.282 e. The maximum atomic E-state index is 12.9. The van der Waals surface area contributed by atoms with E-state index in [1.807, 2.05) is 60.7 Å². The van der Waals surface area contributed by atoms with Gasteiger partial charge in [-0.3, -0.25) is 20.2 Å². The van der Waals surface area contributed by atoms with Gasteiger partial charge in [0.2, 0.25) is 0 Å². The van der Waals surface area contributed by atoms with Crippen LogP contribution in [0.15, 0.2) is 109 Å². The third-order valence-corrected chi connectivity index (χ3v) is 6.51. The lowest BCUT2D eigenvalue weighted by molar-refractivity contribution is -0.385. The fraction of sp³-hybridized carbons (Fsp3) is 0. The largest absolute Gasteiger partial charge is 0.298 e. The van der Waals surface area contributed by atoms with Gasteiger partial charge in [-0.1, -0.05) is 108 Å². The number of nitro groups is 1. The zero-order valence-corrected chi connectivity index (χ0v) is 19.2. The van der Waals surface area contributed by atoms with Crippen LogP contribution in [-0.4, -0.2) is 15.8 Å². The molecule has 1 aromatic heterocycles. The molecule has 35 heavy (non-hydrogen) atoms. The van der Waals surface area contributed by atoms with Crippen LogP contribution in [0.3, 0.4) is 0 Å². The zero-order chi connectivity index (χ0) is 24.2. The van der Waals surface area contributed by atoms with Gasteiger partial charge in [-0.25, -0.2) is 4.98 Å². The molecule has 1 amide bonds. The fourth-order valence-electron chi connectivity index (χ4n) is 3.79. The van der Waals surface area contributed by atoms with E-state index in [9.17, 15) is 14.9 Å². The second-order valence-electron chi connectivity index (χ2n) is 7.73. The molecule has 0 bridgehead atoms. The van der Waals surface area contributed by atoms with E-state index in [1.165, 1.54) is 29.5 Å². The SMILES string of the molecule is O=C(Nc1nc(-c2ccccc2)c(-c2ccc(-c3ccccc3)cc2)s1)c1ccccc1[N+](=O)[O-]. The van der Waals surface area contributed by atoms with Gasteiger partial charge in [0.1, 0.15) is 5.56 Å². The van der Waals surface area contributed by atoms with Crippen molar-refractivity contribution in [1.29, 1.82) is 0 Å². The summed E-state index contributed by atoms with van der Waals surface area (Å²) in [6, 6.07) is 33.9. The van der Waals surface area contributed by atoms with Gasteiger partial charge in [-0.05, 0) is 22.8 Å². The van der Waals surface area contributed by atoms with E-state index < -0.39 is 10.8 Å². The number of aromatic nitrogens is 1. The lowest BCUT2D eigenvalue weighted by atomic mass is 10.0. The molecule has 0 fully saturated rings. The molecular weight excluding hydrogens is 458 g/mol. The summed E-state index contributed by atoms with van der Waals surface area (Å²) in [6.45, 7) is 0. The van der Waals surface area contributed by atoms with Crippen LogP contribution in [0.4, 0.5) is 10.8 Å². The summed E-state index contributed by atoms with van der Waals surface area (Å²) in [4.78, 5) is 29.3. The first kappa shape index (κ1) is 22.2. The number of hydrogen-bond acceptors (Lipinski definition) is 5. The van der Waals surface area contributed by atoms with E-state index in [4.69, 9.17) is 4.98 Å². The molecule has 1 N–H and O–H groups in total. The number of nitrogens with zero attached hydrogens (tertiary/aromatic N) is 2. The highest BCUT2D eigenvalue weighted by Crippen LogP contribution is 2.40. The van der Waals surface area contributed by atoms with Gasteiger partial charge in [0.25, 0.3) is 11.6 Å². The second-order valence-corrected chi connectivity index (χ2v) is 8.73. The predicted molar refractivity (Wildman–Crippen MR) is 139 cm³/mol. The Labute approximate surface area is 205 Å². The normalized spacial score (nSPS) is 10.6. The highest BCUT2D eigenvalue weighted by molar-refractivity contribution is 7.19. The van der Waals surface area contributed by atoms with Crippen molar-refractivity contribution in [3.63, 3.8) is 0 Å². The third-order valence-electron chi connectivity index (χ3n) is 5.49. The van der Waals surface area contributed by atoms with Gasteiger partial charge in [-0.2, -0.15) is 0 Å². The highest BCUT2D eigenvalue weighted by Gasteiger charge is 2.22. The van der Waals surface area contributed by atoms with Crippen LogP contribution in [0.5, 0.6) is 0 Å². The minimum absolute atomic E-state index is 0.0114. The summed E-state index contributed by atoms with van der Waals surface area (Å²) < 4.78 is 0. The van der Waals surface area contributed by atoms with E-state index in [0.717, 1.165) is 32.8 Å². The third kappa shape index (κ3) is 4.71. The van der Waals surface area contributed by atoms with Gasteiger partial charge in [-0.15, -0.1) is 0 Å². The zero-order valence-electron chi connectivity index (χ0n) is 18.4. The smallest absolute Gasteiger partial charge is 0.282 e. The molecule has 6 nitrogen and oxygen atoms in total. The van der Waals surface area contributed by atoms with Crippen molar-refractivity contribution in [3.8, 4) is 32.8 Å². The monoisotopic (exact) mass is 477 g/mol. The van der Waals surface area contributed by atoms with Gasteiger partial charge in [0, 0.05) is 11.6 Å². The quantitative estimate of drug-likeness (QED) is 0.205. The molecule has 0 aliphatic heterocycles. The number of carbonyl (C=O) groups is 1. The van der Waals surface area contributed by atoms with E-state index in [1.54, 1.807) is 6.07 Å². The number of nitro benzene ring substituents is 1. The Kier molecular flexibility index (Phi) is 6.15. The number of nitrogens with one attached hydrogen (secondary N) is 1. The van der Waals surface area contributed by atoms with Crippen molar-refractivity contribution in [2.45, 2.75) is 0 Å². The molecule has 7 heteroatoms. The Balaban J connectivity index is 1.52. The maximum absolute atomic E-state index is 12.9. The van der Waals surface area contributed by atoms with E-state index >= 15 is 0 Å². The predicted octanol–water partition coefficient (Wildman–Crippen LogP) is 7.30. The Morgan fingerprint density at radius 3 is 1.91 bits per heavy atom. The van der Waals surface area contributed by atoms with Crippen LogP contribution in [0.2, 0.25) is 0 Å². The molecule has 0 saturated carbocycles. The number of hydrogen-bond donors (Lipinski definition) is 1. The highest BCUT2D eigenvalue weighted by atomic mass is 32.1. The van der Waals surface area contributed by atoms with Crippen LogP contribution in [0.25, 0.3) is 32.8 Å². The standard InChI is InChI=1S/C28H19N3O3S/c32-27(23-13-7-8-14-24(23)31(33)34)30-28-29-25(21-11-5-2-6-12-21)26(35-28)22-17-15-20(16-18-22)19-9-3-1-4-10-19/h1-18H,(H,29,30,32). The second kappa shape index (κ2) is 9.70. The molecule has 1 heterocycles. The van der Waals surface area contributed by atoms with Crippen LogP contribution in [0, 0.1) is 10.1 Å². The number of benzene rings is 4. The number of carbonyl (C=O) groups excluding carboxylic acids is 1. The summed E-state index contributed by atoms with van der Waals surface area (Å²) in [5.41, 5.74) is 4.59. The number of anilines is 1. The Morgan fingerprint density at radius 1 is 0.714 bits per heavy atom. The van der Waals surface area contributed by atoms with Crippen molar-refractivity contribution < 1.29 is 9.72 Å². The van der Waals surface area contributed by atoms with E-state index in [0.29, 0.717) is 5.13 Å². The van der Waals surface area contributed by atoms with Gasteiger partial charge in [0.15, 0.2) is 5.13 Å². The molecule has 0 aliphatic carbocycles. The first-order valence-corrected chi connectivity index (χ1v) is 11.7. The van der Waals surface area contributed by atoms with E-state index in [-0.39, 0.29) is 11.3 Å². The molecular formula is C28H19N3O3S. The summed E-state index contributed by atoms with van der Waals surface area (Å²) in [5, 5.41) is 14.5. The molecule has 5 aromatic rings. The average molecular weight is 478 g/mol. The topological polar surface area (TPSA) is 85.1 Å². The summed E-state index contributed by atoms with van der Waals surface area (Å²) in [5.74, 6) is -0.573. The molecule has 4 aromatic carbocycles. The molecule has 0 saturated heterocycles. The van der Waals surface area contributed by atoms with Gasteiger partial charge >= 0.3 is 0 Å². The Hall–Kier alpha value is -4.62. The van der Waals surface area contributed by atoms with Crippen molar-refractivity contribution in [3.05, 3.63) is 125 Å². The lowest BCUT2D eigenvalue weighted by Gasteiger charge is -2.05. The number of para-hydroxylation sites is 1. The van der Waals surface area contributed by atoms with Crippen molar-refractivity contribution >= 4 is 28.1 Å². The summed E-state index contributed by atoms with van der Waals surface area (Å²) >= 11 is 1.33. The van der Waals surface area contributed by atoms with Crippen LogP contribution in [0.1, 0.15) is 10.4 Å². The first-order chi connectivity index (χ1) is 17.1. The van der Waals surface area contributed by atoms with Crippen LogP contribution >= 0.6 is 11.3 Å². The summed E-state index contributed by atoms with van der Waals surface area (Å²) in [6.07, 6.45) is 0. The number of rotatable bonds is 6. The number of amides is 1. The van der Waals surface area contributed by atoms with E-state index in [2.05, 4.69) is 29.6 Å². The van der Waals surface area contributed by atoms with Gasteiger partial charge in [0.05, 0.1) is 15.5 Å². The lowest BCUT2D eigenvalue weighted by Crippen LogP contribution is -2.13. The summed E-state index contributed by atoms with van der Waals surface area (Å²) in [7, 11) is 0. The number of thiazole rings is 1. The van der Waals surface area contributed by atoms with Crippen LogP contribution in [-0.2, 0) is 0 Å². The molecule has 0 atom stereocenters. The minimum Gasteiger partial charge on any atom is -0.298 e. The Morgan fingerprint density at radius 2 is 1.26 bits per heavy atom. The van der Waals surface area contributed by atoms with Crippen LogP contribution < -0.4 is 5.32 Å². The molecule has 170 valence electrons. The fourth-order valence-corrected chi connectivity index (χ4v) is 4.78. The Bertz CT molecular complexity index is 1500. The van der Waals surface area contributed by atoms with Crippen molar-refractivity contribution in [2.75, 3.05) is 5.32 Å². The first-order valence-electron chi connectivity index (χ1n) is 10.9. The molecule has 0 unspecified atom stereocenters. The van der Waals surface area contributed by atoms with Gasteiger partial charge < -0.3 is 0 Å². The molecule has 0 spiro atoms. The van der Waals surface area contributed by atoms with Crippen molar-refractivity contribution in [2.24, 2.45) is 0 Å². The average Bonchev–Trinajstić information content (AvgIpc) is 3.33. The van der Waals surface area contributed by atoms with Crippen molar-refractivity contribution in [1.82, 2.24) is 4.98 Å². The molecule has 5 rings (SSSR count). The minimum atomic E-state index is -0.573. The molecule has 0 radical (unpaired) electrons.